The molecule has 6 nitrogen and oxygen atoms in total. The van der Waals surface area contributed by atoms with E-state index in [0.29, 0.717) is 27.9 Å². The lowest BCUT2D eigenvalue weighted by molar-refractivity contribution is -0.119. The van der Waals surface area contributed by atoms with Gasteiger partial charge in [-0.1, -0.05) is 18.2 Å². The number of carbonyl (C=O) groups is 2. The SMILES string of the molecule is O=C(COC(=O)c1ccc(Oc2ccccc2)cc1)Nc1nc(-c2ccc(F)cc2)cs1. The van der Waals surface area contributed by atoms with Crippen LogP contribution in [0.25, 0.3) is 11.3 Å². The number of hydrogen-bond acceptors (Lipinski definition) is 6. The van der Waals surface area contributed by atoms with Crippen LogP contribution < -0.4 is 10.1 Å². The van der Waals surface area contributed by atoms with Crippen LogP contribution in [0.5, 0.6) is 11.5 Å². The summed E-state index contributed by atoms with van der Waals surface area (Å²) < 4.78 is 23.8. The van der Waals surface area contributed by atoms with E-state index < -0.39 is 18.5 Å². The van der Waals surface area contributed by atoms with E-state index in [4.69, 9.17) is 9.47 Å². The second-order valence-corrected chi connectivity index (χ2v) is 7.47. The van der Waals surface area contributed by atoms with Gasteiger partial charge in [0.15, 0.2) is 11.7 Å². The summed E-state index contributed by atoms with van der Waals surface area (Å²) in [6.45, 7) is -0.452. The first-order valence-electron chi connectivity index (χ1n) is 9.58. The Balaban J connectivity index is 1.27. The molecule has 0 radical (unpaired) electrons. The average Bonchev–Trinajstić information content (AvgIpc) is 3.27. The zero-order valence-electron chi connectivity index (χ0n) is 16.7. The summed E-state index contributed by atoms with van der Waals surface area (Å²) in [6, 6.07) is 21.6. The number of para-hydroxylation sites is 1. The molecule has 160 valence electrons. The molecule has 0 fully saturated rings. The first-order chi connectivity index (χ1) is 15.6. The van der Waals surface area contributed by atoms with Crippen LogP contribution in [0, 0.1) is 5.82 Å². The van der Waals surface area contributed by atoms with Crippen LogP contribution in [0.2, 0.25) is 0 Å². The highest BCUT2D eigenvalue weighted by Gasteiger charge is 2.13. The molecule has 32 heavy (non-hydrogen) atoms. The van der Waals surface area contributed by atoms with E-state index in [1.165, 1.54) is 23.5 Å². The largest absolute Gasteiger partial charge is 0.457 e. The predicted molar refractivity (Wildman–Crippen MR) is 119 cm³/mol. The van der Waals surface area contributed by atoms with E-state index >= 15 is 0 Å². The van der Waals surface area contributed by atoms with Crippen LogP contribution in [0.15, 0.2) is 84.2 Å². The fourth-order valence-corrected chi connectivity index (χ4v) is 3.47. The van der Waals surface area contributed by atoms with Gasteiger partial charge in [0.2, 0.25) is 0 Å². The van der Waals surface area contributed by atoms with E-state index in [-0.39, 0.29) is 5.82 Å². The molecule has 0 aliphatic rings. The Hall–Kier alpha value is -4.04. The number of hydrogen-bond donors (Lipinski definition) is 1. The van der Waals surface area contributed by atoms with Crippen molar-refractivity contribution in [3.8, 4) is 22.8 Å². The van der Waals surface area contributed by atoms with E-state index in [1.807, 2.05) is 30.3 Å². The number of thiazole rings is 1. The molecule has 0 spiro atoms. The number of rotatable bonds is 7. The van der Waals surface area contributed by atoms with E-state index in [0.717, 1.165) is 5.56 Å². The third-order valence-electron chi connectivity index (χ3n) is 4.29. The summed E-state index contributed by atoms with van der Waals surface area (Å²) in [5, 5.41) is 4.68. The molecule has 1 heterocycles. The summed E-state index contributed by atoms with van der Waals surface area (Å²) in [5.74, 6) is -0.215. The first-order valence-corrected chi connectivity index (χ1v) is 10.5. The minimum atomic E-state index is -0.627. The number of amides is 1. The molecule has 0 bridgehead atoms. The van der Waals surface area contributed by atoms with Gasteiger partial charge in [-0.3, -0.25) is 10.1 Å². The molecule has 3 aromatic carbocycles. The van der Waals surface area contributed by atoms with Crippen LogP contribution in [0.1, 0.15) is 10.4 Å². The Morgan fingerprint density at radius 1 is 0.906 bits per heavy atom. The third kappa shape index (κ3) is 5.55. The zero-order chi connectivity index (χ0) is 22.3. The lowest BCUT2D eigenvalue weighted by Crippen LogP contribution is -2.20. The molecular formula is C24H17FN2O4S. The standard InChI is InChI=1S/C24H17FN2O4S/c25-18-10-6-16(7-11-18)21-15-32-24(26-21)27-22(28)14-30-23(29)17-8-12-20(13-9-17)31-19-4-2-1-3-5-19/h1-13,15H,14H2,(H,26,27,28). The summed E-state index contributed by atoms with van der Waals surface area (Å²) in [7, 11) is 0. The Morgan fingerprint density at radius 2 is 1.59 bits per heavy atom. The molecule has 1 N–H and O–H groups in total. The fraction of sp³-hybridized carbons (Fsp3) is 0.0417. The van der Waals surface area contributed by atoms with Crippen molar-refractivity contribution < 1.29 is 23.5 Å². The van der Waals surface area contributed by atoms with Crippen LogP contribution in [-0.4, -0.2) is 23.5 Å². The average molecular weight is 448 g/mol. The monoisotopic (exact) mass is 448 g/mol. The molecule has 1 amide bonds. The van der Waals surface area contributed by atoms with Crippen molar-refractivity contribution in [2.75, 3.05) is 11.9 Å². The molecule has 4 rings (SSSR count). The van der Waals surface area contributed by atoms with Crippen molar-refractivity contribution in [3.05, 3.63) is 95.6 Å². The second kappa shape index (κ2) is 9.84. The van der Waals surface area contributed by atoms with Gasteiger partial charge in [-0.05, 0) is 60.7 Å². The number of esters is 1. The van der Waals surface area contributed by atoms with Gasteiger partial charge in [-0.25, -0.2) is 14.2 Å². The Morgan fingerprint density at radius 3 is 2.31 bits per heavy atom. The molecular weight excluding hydrogens is 431 g/mol. The Bertz CT molecular complexity index is 1210. The van der Waals surface area contributed by atoms with Gasteiger partial charge in [0.1, 0.15) is 17.3 Å². The van der Waals surface area contributed by atoms with E-state index in [9.17, 15) is 14.0 Å². The summed E-state index contributed by atoms with van der Waals surface area (Å²) >= 11 is 1.22. The number of benzene rings is 3. The molecule has 8 heteroatoms. The zero-order valence-corrected chi connectivity index (χ0v) is 17.5. The molecule has 0 unspecified atom stereocenters. The highest BCUT2D eigenvalue weighted by Crippen LogP contribution is 2.25. The summed E-state index contributed by atoms with van der Waals surface area (Å²) in [5.41, 5.74) is 1.64. The number of carbonyl (C=O) groups excluding carboxylic acids is 2. The molecule has 0 aliphatic heterocycles. The minimum absolute atomic E-state index is 0.297. The van der Waals surface area contributed by atoms with Gasteiger partial charge < -0.3 is 9.47 Å². The van der Waals surface area contributed by atoms with Gasteiger partial charge in [0.25, 0.3) is 5.91 Å². The summed E-state index contributed by atoms with van der Waals surface area (Å²) in [6.07, 6.45) is 0. The van der Waals surface area contributed by atoms with Crippen molar-refractivity contribution in [2.24, 2.45) is 0 Å². The van der Waals surface area contributed by atoms with Gasteiger partial charge >= 0.3 is 5.97 Å². The van der Waals surface area contributed by atoms with Crippen molar-refractivity contribution in [1.29, 1.82) is 0 Å². The van der Waals surface area contributed by atoms with Crippen molar-refractivity contribution in [3.63, 3.8) is 0 Å². The third-order valence-corrected chi connectivity index (χ3v) is 5.05. The fourth-order valence-electron chi connectivity index (χ4n) is 2.74. The topological polar surface area (TPSA) is 77.5 Å². The smallest absolute Gasteiger partial charge is 0.338 e. The number of ether oxygens (including phenoxy) is 2. The second-order valence-electron chi connectivity index (χ2n) is 6.61. The number of aromatic nitrogens is 1. The van der Waals surface area contributed by atoms with Gasteiger partial charge in [0, 0.05) is 10.9 Å². The van der Waals surface area contributed by atoms with E-state index in [2.05, 4.69) is 10.3 Å². The molecule has 4 aromatic rings. The molecule has 0 atom stereocenters. The maximum atomic E-state index is 13.0. The van der Waals surface area contributed by atoms with Crippen LogP contribution >= 0.6 is 11.3 Å². The molecule has 1 aromatic heterocycles. The molecule has 0 saturated heterocycles. The van der Waals surface area contributed by atoms with Crippen molar-refractivity contribution >= 4 is 28.3 Å². The Labute approximate surface area is 187 Å². The summed E-state index contributed by atoms with van der Waals surface area (Å²) in [4.78, 5) is 28.6. The van der Waals surface area contributed by atoms with Crippen LogP contribution in [0.4, 0.5) is 9.52 Å². The molecule has 0 aliphatic carbocycles. The number of halogens is 1. The van der Waals surface area contributed by atoms with Gasteiger partial charge in [-0.15, -0.1) is 11.3 Å². The number of anilines is 1. The highest BCUT2D eigenvalue weighted by molar-refractivity contribution is 7.14. The quantitative estimate of drug-likeness (QED) is 0.376. The Kier molecular flexibility index (Phi) is 6.52. The van der Waals surface area contributed by atoms with Crippen LogP contribution in [-0.2, 0) is 9.53 Å². The lowest BCUT2D eigenvalue weighted by atomic mass is 10.2. The van der Waals surface area contributed by atoms with Crippen LogP contribution in [0.3, 0.4) is 0 Å². The minimum Gasteiger partial charge on any atom is -0.457 e. The molecule has 0 saturated carbocycles. The lowest BCUT2D eigenvalue weighted by Gasteiger charge is -2.07. The normalized spacial score (nSPS) is 10.4. The highest BCUT2D eigenvalue weighted by atomic mass is 32.1. The maximum absolute atomic E-state index is 13.0. The van der Waals surface area contributed by atoms with Gasteiger partial charge in [-0.2, -0.15) is 0 Å². The first kappa shape index (κ1) is 21.2. The van der Waals surface area contributed by atoms with Crippen molar-refractivity contribution in [2.45, 2.75) is 0 Å². The number of nitrogens with zero attached hydrogens (tertiary/aromatic N) is 1. The maximum Gasteiger partial charge on any atom is 0.338 e. The predicted octanol–water partition coefficient (Wildman–Crippen LogP) is 5.54. The van der Waals surface area contributed by atoms with E-state index in [1.54, 1.807) is 41.8 Å². The van der Waals surface area contributed by atoms with Crippen molar-refractivity contribution in [1.82, 2.24) is 4.98 Å². The van der Waals surface area contributed by atoms with Gasteiger partial charge in [0.05, 0.1) is 11.3 Å². The number of nitrogens with one attached hydrogen (secondary N) is 1.